The van der Waals surface area contributed by atoms with Crippen LogP contribution >= 0.6 is 12.2 Å². The smallest absolute Gasteiger partial charge is 0.263 e. The minimum Gasteiger partial charge on any atom is -0.331 e. The van der Waals surface area contributed by atoms with Crippen LogP contribution in [0.1, 0.15) is 5.56 Å². The number of aromatic nitrogens is 1. The molecule has 0 bridgehead atoms. The van der Waals surface area contributed by atoms with E-state index in [2.05, 4.69) is 15.0 Å². The molecular weight excluding hydrogens is 294 g/mol. The third kappa shape index (κ3) is 3.75. The lowest BCUT2D eigenvalue weighted by molar-refractivity contribution is 0.593. The van der Waals surface area contributed by atoms with Crippen molar-refractivity contribution in [1.29, 1.82) is 0 Å². The van der Waals surface area contributed by atoms with Gasteiger partial charge in [0.15, 0.2) is 5.11 Å². The van der Waals surface area contributed by atoms with Crippen LogP contribution in [0.5, 0.6) is 0 Å². The van der Waals surface area contributed by atoms with Gasteiger partial charge in [-0.3, -0.25) is 9.71 Å². The molecule has 0 radical (unpaired) electrons. The Kier molecular flexibility index (Phi) is 4.31. The average Bonchev–Trinajstić information content (AvgIpc) is 2.39. The first-order chi connectivity index (χ1) is 9.47. The molecule has 5 nitrogen and oxygen atoms in total. The summed E-state index contributed by atoms with van der Waals surface area (Å²) in [6, 6.07) is 9.98. The van der Waals surface area contributed by atoms with Gasteiger partial charge in [-0.05, 0) is 43.4 Å². The number of nitrogens with one attached hydrogen (secondary N) is 2. The van der Waals surface area contributed by atoms with Gasteiger partial charge in [0.05, 0.1) is 16.8 Å². The number of rotatable bonds is 3. The lowest BCUT2D eigenvalue weighted by Gasteiger charge is -2.11. The summed E-state index contributed by atoms with van der Waals surface area (Å²) in [6.07, 6.45) is 3.16. The second-order valence-corrected chi connectivity index (χ2v) is 6.21. The Bertz CT molecular complexity index is 698. The highest BCUT2D eigenvalue weighted by molar-refractivity contribution is 7.92. The summed E-state index contributed by atoms with van der Waals surface area (Å²) in [5.74, 6) is 0. The summed E-state index contributed by atoms with van der Waals surface area (Å²) in [4.78, 5) is 4.07. The van der Waals surface area contributed by atoms with Crippen molar-refractivity contribution in [2.75, 3.05) is 5.32 Å². The van der Waals surface area contributed by atoms with Crippen molar-refractivity contribution in [3.8, 4) is 0 Å². The number of anilines is 1. The van der Waals surface area contributed by atoms with Crippen LogP contribution in [0.4, 0.5) is 5.69 Å². The van der Waals surface area contributed by atoms with E-state index < -0.39 is 10.0 Å². The van der Waals surface area contributed by atoms with Crippen molar-refractivity contribution in [3.05, 3.63) is 54.4 Å². The van der Waals surface area contributed by atoms with E-state index in [0.717, 1.165) is 5.56 Å². The van der Waals surface area contributed by atoms with Crippen molar-refractivity contribution in [2.45, 2.75) is 11.8 Å². The Hall–Kier alpha value is -1.99. The molecule has 0 fully saturated rings. The number of thiocarbonyl (C=S) groups is 1. The molecule has 0 aliphatic heterocycles. The zero-order chi connectivity index (χ0) is 14.6. The Balaban J connectivity index is 2.08. The number of aryl methyl sites for hydroxylation is 1. The first-order valence-corrected chi connectivity index (χ1v) is 7.67. The van der Waals surface area contributed by atoms with Crippen molar-refractivity contribution in [2.24, 2.45) is 0 Å². The van der Waals surface area contributed by atoms with Crippen LogP contribution in [0.2, 0.25) is 0 Å². The number of hydrogen-bond donors (Lipinski definition) is 2. The summed E-state index contributed by atoms with van der Waals surface area (Å²) < 4.78 is 26.5. The van der Waals surface area contributed by atoms with Gasteiger partial charge >= 0.3 is 0 Å². The number of sulfonamides is 1. The SMILES string of the molecule is Cc1ccc(S(=O)(=O)NC(=S)Nc2cccnc2)cc1. The van der Waals surface area contributed by atoms with E-state index in [4.69, 9.17) is 12.2 Å². The Morgan fingerprint density at radius 1 is 1.20 bits per heavy atom. The highest BCUT2D eigenvalue weighted by atomic mass is 32.2. The minimum atomic E-state index is -3.67. The summed E-state index contributed by atoms with van der Waals surface area (Å²) >= 11 is 4.98. The summed E-state index contributed by atoms with van der Waals surface area (Å²) in [7, 11) is -3.67. The van der Waals surface area contributed by atoms with Gasteiger partial charge in [0.1, 0.15) is 0 Å². The zero-order valence-electron chi connectivity index (χ0n) is 10.7. The monoisotopic (exact) mass is 307 g/mol. The fourth-order valence-corrected chi connectivity index (χ4v) is 2.85. The van der Waals surface area contributed by atoms with Crippen molar-refractivity contribution >= 4 is 33.0 Å². The average molecular weight is 307 g/mol. The lowest BCUT2D eigenvalue weighted by Crippen LogP contribution is -2.34. The molecule has 1 heterocycles. The van der Waals surface area contributed by atoms with E-state index in [0.29, 0.717) is 5.69 Å². The van der Waals surface area contributed by atoms with E-state index in [1.54, 1.807) is 36.7 Å². The van der Waals surface area contributed by atoms with Gasteiger partial charge in [-0.25, -0.2) is 8.42 Å². The molecular formula is C13H13N3O2S2. The fraction of sp³-hybridized carbons (Fsp3) is 0.0769. The molecule has 0 aliphatic carbocycles. The van der Waals surface area contributed by atoms with Crippen LogP contribution < -0.4 is 10.0 Å². The quantitative estimate of drug-likeness (QED) is 0.849. The second-order valence-electron chi connectivity index (χ2n) is 4.11. The van der Waals surface area contributed by atoms with Gasteiger partial charge in [0.25, 0.3) is 10.0 Å². The molecule has 0 saturated carbocycles. The topological polar surface area (TPSA) is 71.1 Å². The standard InChI is InChI=1S/C13H13N3O2S2/c1-10-4-6-12(7-5-10)20(17,18)16-13(19)15-11-3-2-8-14-9-11/h2-9H,1H3,(H2,15,16,19). The number of nitrogens with zero attached hydrogens (tertiary/aromatic N) is 1. The number of hydrogen-bond acceptors (Lipinski definition) is 4. The first kappa shape index (κ1) is 14.4. The summed E-state index contributed by atoms with van der Waals surface area (Å²) in [5.41, 5.74) is 1.60. The molecule has 0 unspecified atom stereocenters. The molecule has 0 spiro atoms. The molecule has 2 aromatic rings. The third-order valence-electron chi connectivity index (χ3n) is 2.48. The molecule has 1 aromatic heterocycles. The van der Waals surface area contributed by atoms with Crippen LogP contribution in [0.3, 0.4) is 0 Å². The second kappa shape index (κ2) is 5.98. The number of benzene rings is 1. The summed E-state index contributed by atoms with van der Waals surface area (Å²) in [6.45, 7) is 1.89. The maximum absolute atomic E-state index is 12.1. The van der Waals surface area contributed by atoms with Crippen LogP contribution in [-0.4, -0.2) is 18.5 Å². The number of pyridine rings is 1. The molecule has 7 heteroatoms. The molecule has 104 valence electrons. The molecule has 0 saturated heterocycles. The van der Waals surface area contributed by atoms with Crippen molar-refractivity contribution < 1.29 is 8.42 Å². The highest BCUT2D eigenvalue weighted by Crippen LogP contribution is 2.10. The van der Waals surface area contributed by atoms with E-state index in [1.807, 2.05) is 6.92 Å². The molecule has 0 atom stereocenters. The Labute approximate surface area is 123 Å². The maximum atomic E-state index is 12.1. The van der Waals surface area contributed by atoms with E-state index in [1.165, 1.54) is 12.1 Å². The van der Waals surface area contributed by atoms with Crippen LogP contribution in [-0.2, 0) is 10.0 Å². The van der Waals surface area contributed by atoms with Crippen LogP contribution in [0.25, 0.3) is 0 Å². The van der Waals surface area contributed by atoms with Gasteiger partial charge in [-0.2, -0.15) is 0 Å². The molecule has 2 N–H and O–H groups in total. The largest absolute Gasteiger partial charge is 0.331 e. The van der Waals surface area contributed by atoms with Crippen molar-refractivity contribution in [3.63, 3.8) is 0 Å². The van der Waals surface area contributed by atoms with Gasteiger partial charge in [-0.1, -0.05) is 17.7 Å². The predicted octanol–water partition coefficient (Wildman–Crippen LogP) is 2.07. The fourth-order valence-electron chi connectivity index (χ4n) is 1.49. The predicted molar refractivity (Wildman–Crippen MR) is 82.0 cm³/mol. The molecule has 0 amide bonds. The van der Waals surface area contributed by atoms with E-state index >= 15 is 0 Å². The third-order valence-corrected chi connectivity index (χ3v) is 4.18. The molecule has 0 aliphatic rings. The van der Waals surface area contributed by atoms with Gasteiger partial charge in [-0.15, -0.1) is 0 Å². The van der Waals surface area contributed by atoms with Crippen LogP contribution in [0, 0.1) is 6.92 Å². The minimum absolute atomic E-state index is 0.00132. The van der Waals surface area contributed by atoms with Gasteiger partial charge in [0.2, 0.25) is 0 Å². The molecule has 1 aromatic carbocycles. The van der Waals surface area contributed by atoms with E-state index in [-0.39, 0.29) is 10.0 Å². The van der Waals surface area contributed by atoms with Gasteiger partial charge < -0.3 is 5.32 Å². The Morgan fingerprint density at radius 3 is 2.50 bits per heavy atom. The summed E-state index contributed by atoms with van der Waals surface area (Å²) in [5, 5.41) is 2.76. The first-order valence-electron chi connectivity index (χ1n) is 5.78. The Morgan fingerprint density at radius 2 is 1.90 bits per heavy atom. The molecule has 2 rings (SSSR count). The van der Waals surface area contributed by atoms with E-state index in [9.17, 15) is 8.42 Å². The zero-order valence-corrected chi connectivity index (χ0v) is 12.3. The normalized spacial score (nSPS) is 10.8. The van der Waals surface area contributed by atoms with Crippen LogP contribution in [0.15, 0.2) is 53.7 Å². The lowest BCUT2D eigenvalue weighted by atomic mass is 10.2. The molecule has 20 heavy (non-hydrogen) atoms. The maximum Gasteiger partial charge on any atom is 0.263 e. The van der Waals surface area contributed by atoms with Crippen molar-refractivity contribution in [1.82, 2.24) is 9.71 Å². The highest BCUT2D eigenvalue weighted by Gasteiger charge is 2.15. The van der Waals surface area contributed by atoms with Gasteiger partial charge in [0, 0.05) is 6.20 Å².